The van der Waals surface area contributed by atoms with Crippen molar-refractivity contribution in [3.63, 3.8) is 0 Å². The highest BCUT2D eigenvalue weighted by Crippen LogP contribution is 2.30. The summed E-state index contributed by atoms with van der Waals surface area (Å²) >= 11 is 13.2. The van der Waals surface area contributed by atoms with E-state index in [9.17, 15) is 4.79 Å². The summed E-state index contributed by atoms with van der Waals surface area (Å²) < 4.78 is 5.57. The molecule has 0 fully saturated rings. The van der Waals surface area contributed by atoms with Gasteiger partial charge in [0.1, 0.15) is 0 Å². The smallest absolute Gasteiger partial charge is 0.277 e. The number of aryl methyl sites for hydroxylation is 1. The SMILES string of the molecule is Cc1ccc(-c2nnc(SCC(=O)Nc3c(Cl)cccc3Cl)o2)cc1. The topological polar surface area (TPSA) is 68.0 Å². The van der Waals surface area contributed by atoms with Crippen LogP contribution in [0.3, 0.4) is 0 Å². The summed E-state index contributed by atoms with van der Waals surface area (Å²) in [6.45, 7) is 2.00. The van der Waals surface area contributed by atoms with Gasteiger partial charge < -0.3 is 9.73 Å². The first kappa shape index (κ1) is 17.8. The van der Waals surface area contributed by atoms with Gasteiger partial charge in [-0.2, -0.15) is 0 Å². The summed E-state index contributed by atoms with van der Waals surface area (Å²) in [6.07, 6.45) is 0. The molecule has 2 aromatic carbocycles. The van der Waals surface area contributed by atoms with Gasteiger partial charge in [0, 0.05) is 5.56 Å². The third-order valence-electron chi connectivity index (χ3n) is 3.26. The molecule has 5 nitrogen and oxygen atoms in total. The quantitative estimate of drug-likeness (QED) is 0.611. The first-order chi connectivity index (χ1) is 12.0. The highest BCUT2D eigenvalue weighted by molar-refractivity contribution is 7.99. The standard InChI is InChI=1S/C17H13Cl2N3O2S/c1-10-5-7-11(8-6-10)16-21-22-17(24-16)25-9-14(23)20-15-12(18)3-2-4-13(15)19/h2-8H,9H2,1H3,(H,20,23). The van der Waals surface area contributed by atoms with Crippen LogP contribution in [-0.2, 0) is 4.79 Å². The van der Waals surface area contributed by atoms with Gasteiger partial charge >= 0.3 is 0 Å². The molecule has 0 bridgehead atoms. The lowest BCUT2D eigenvalue weighted by Gasteiger charge is -2.08. The van der Waals surface area contributed by atoms with Gasteiger partial charge in [-0.3, -0.25) is 4.79 Å². The molecule has 128 valence electrons. The van der Waals surface area contributed by atoms with Crippen molar-refractivity contribution in [2.45, 2.75) is 12.1 Å². The average Bonchev–Trinajstić information content (AvgIpc) is 3.06. The highest BCUT2D eigenvalue weighted by Gasteiger charge is 2.13. The molecule has 1 heterocycles. The van der Waals surface area contributed by atoms with E-state index in [-0.39, 0.29) is 11.7 Å². The summed E-state index contributed by atoms with van der Waals surface area (Å²) in [7, 11) is 0. The predicted molar refractivity (Wildman–Crippen MR) is 100 cm³/mol. The number of nitrogens with zero attached hydrogens (tertiary/aromatic N) is 2. The number of rotatable bonds is 5. The number of nitrogens with one attached hydrogen (secondary N) is 1. The maximum absolute atomic E-state index is 12.1. The Morgan fingerprint density at radius 3 is 2.48 bits per heavy atom. The number of hydrogen-bond donors (Lipinski definition) is 1. The van der Waals surface area contributed by atoms with Crippen LogP contribution in [0, 0.1) is 6.92 Å². The Labute approximate surface area is 158 Å². The number of thioether (sulfide) groups is 1. The third kappa shape index (κ3) is 4.54. The second kappa shape index (κ2) is 7.91. The lowest BCUT2D eigenvalue weighted by atomic mass is 10.1. The molecule has 0 atom stereocenters. The van der Waals surface area contributed by atoms with Crippen molar-refractivity contribution in [3.8, 4) is 11.5 Å². The number of aromatic nitrogens is 2. The number of benzene rings is 2. The first-order valence-electron chi connectivity index (χ1n) is 7.30. The molecule has 0 aliphatic rings. The number of halogens is 2. The van der Waals surface area contributed by atoms with Gasteiger partial charge in [-0.25, -0.2) is 0 Å². The normalized spacial score (nSPS) is 10.7. The first-order valence-corrected chi connectivity index (χ1v) is 9.04. The minimum atomic E-state index is -0.268. The van der Waals surface area contributed by atoms with Crippen molar-refractivity contribution < 1.29 is 9.21 Å². The largest absolute Gasteiger partial charge is 0.411 e. The number of hydrogen-bond acceptors (Lipinski definition) is 5. The maximum atomic E-state index is 12.1. The van der Waals surface area contributed by atoms with Crippen LogP contribution < -0.4 is 5.32 Å². The molecule has 3 aromatic rings. The number of amides is 1. The molecule has 8 heteroatoms. The van der Waals surface area contributed by atoms with E-state index in [0.29, 0.717) is 26.8 Å². The second-order valence-corrected chi connectivity index (χ2v) is 6.91. The van der Waals surface area contributed by atoms with Crippen molar-refractivity contribution >= 4 is 46.6 Å². The monoisotopic (exact) mass is 393 g/mol. The van der Waals surface area contributed by atoms with Crippen LogP contribution in [0.2, 0.25) is 10.0 Å². The van der Waals surface area contributed by atoms with Crippen LogP contribution in [0.25, 0.3) is 11.5 Å². The molecular weight excluding hydrogens is 381 g/mol. The zero-order valence-electron chi connectivity index (χ0n) is 13.1. The predicted octanol–water partition coefficient (Wildman–Crippen LogP) is 5.08. The van der Waals surface area contributed by atoms with Gasteiger partial charge in [-0.1, -0.05) is 58.7 Å². The van der Waals surface area contributed by atoms with Gasteiger partial charge in [0.15, 0.2) is 0 Å². The van der Waals surface area contributed by atoms with E-state index in [4.69, 9.17) is 27.6 Å². The molecule has 3 rings (SSSR count). The fourth-order valence-corrected chi connectivity index (χ4v) is 3.06. The van der Waals surface area contributed by atoms with Gasteiger partial charge in [-0.15, -0.1) is 10.2 Å². The fraction of sp³-hybridized carbons (Fsp3) is 0.118. The Balaban J connectivity index is 1.60. The van der Waals surface area contributed by atoms with Crippen LogP contribution in [0.5, 0.6) is 0 Å². The molecule has 0 aliphatic carbocycles. The molecule has 0 unspecified atom stereocenters. The van der Waals surface area contributed by atoms with Crippen molar-refractivity contribution in [3.05, 3.63) is 58.1 Å². The number of para-hydroxylation sites is 1. The number of carbonyl (C=O) groups excluding carboxylic acids is 1. The van der Waals surface area contributed by atoms with Gasteiger partial charge in [0.05, 0.1) is 21.5 Å². The number of carbonyl (C=O) groups is 1. The molecule has 0 aliphatic heterocycles. The molecule has 1 aromatic heterocycles. The Hall–Kier alpha value is -2.02. The van der Waals surface area contributed by atoms with Crippen LogP contribution in [0.4, 0.5) is 5.69 Å². The van der Waals surface area contributed by atoms with Crippen molar-refractivity contribution in [1.29, 1.82) is 0 Å². The third-order valence-corrected chi connectivity index (χ3v) is 4.71. The van der Waals surface area contributed by atoms with Crippen molar-refractivity contribution in [1.82, 2.24) is 10.2 Å². The molecule has 1 N–H and O–H groups in total. The minimum Gasteiger partial charge on any atom is -0.411 e. The Bertz CT molecular complexity index is 877. The van der Waals surface area contributed by atoms with Crippen molar-refractivity contribution in [2.75, 3.05) is 11.1 Å². The van der Waals surface area contributed by atoms with Gasteiger partial charge in [0.2, 0.25) is 11.8 Å². The van der Waals surface area contributed by atoms with Gasteiger partial charge in [0.25, 0.3) is 5.22 Å². The second-order valence-electron chi connectivity index (χ2n) is 5.17. The Morgan fingerprint density at radius 2 is 1.80 bits per heavy atom. The van der Waals surface area contributed by atoms with Crippen LogP contribution in [0.1, 0.15) is 5.56 Å². The van der Waals surface area contributed by atoms with Crippen LogP contribution in [0.15, 0.2) is 52.1 Å². The van der Waals surface area contributed by atoms with E-state index < -0.39 is 0 Å². The lowest BCUT2D eigenvalue weighted by Crippen LogP contribution is -2.14. The lowest BCUT2D eigenvalue weighted by molar-refractivity contribution is -0.113. The van der Waals surface area contributed by atoms with E-state index in [1.54, 1.807) is 18.2 Å². The molecule has 0 radical (unpaired) electrons. The fourth-order valence-electron chi connectivity index (χ4n) is 2.00. The molecular formula is C17H13Cl2N3O2S. The van der Waals surface area contributed by atoms with Crippen LogP contribution >= 0.6 is 35.0 Å². The zero-order chi connectivity index (χ0) is 17.8. The minimum absolute atomic E-state index is 0.0943. The van der Waals surface area contributed by atoms with E-state index in [2.05, 4.69) is 15.5 Å². The number of anilines is 1. The average molecular weight is 394 g/mol. The summed E-state index contributed by atoms with van der Waals surface area (Å²) in [5.41, 5.74) is 2.37. The van der Waals surface area contributed by atoms with E-state index in [1.165, 1.54) is 0 Å². The Kier molecular flexibility index (Phi) is 5.63. The van der Waals surface area contributed by atoms with Crippen LogP contribution in [-0.4, -0.2) is 21.9 Å². The summed E-state index contributed by atoms with van der Waals surface area (Å²) in [6, 6.07) is 12.8. The molecule has 0 saturated heterocycles. The summed E-state index contributed by atoms with van der Waals surface area (Å²) in [5.74, 6) is 0.240. The summed E-state index contributed by atoms with van der Waals surface area (Å²) in [4.78, 5) is 12.1. The van der Waals surface area contributed by atoms with E-state index in [1.807, 2.05) is 31.2 Å². The van der Waals surface area contributed by atoms with E-state index >= 15 is 0 Å². The van der Waals surface area contributed by atoms with Gasteiger partial charge in [-0.05, 0) is 31.2 Å². The van der Waals surface area contributed by atoms with Crippen molar-refractivity contribution in [2.24, 2.45) is 0 Å². The molecule has 25 heavy (non-hydrogen) atoms. The molecule has 0 spiro atoms. The molecule has 0 saturated carbocycles. The maximum Gasteiger partial charge on any atom is 0.277 e. The zero-order valence-corrected chi connectivity index (χ0v) is 15.5. The highest BCUT2D eigenvalue weighted by atomic mass is 35.5. The molecule has 1 amide bonds. The Morgan fingerprint density at radius 1 is 1.12 bits per heavy atom. The van der Waals surface area contributed by atoms with E-state index in [0.717, 1.165) is 22.9 Å². The summed E-state index contributed by atoms with van der Waals surface area (Å²) in [5, 5.41) is 11.7.